The van der Waals surface area contributed by atoms with Gasteiger partial charge in [-0.15, -0.1) is 0 Å². The van der Waals surface area contributed by atoms with Crippen LogP contribution in [0.25, 0.3) is 0 Å². The molecule has 2 unspecified atom stereocenters. The second-order valence-electron chi connectivity index (χ2n) is 5.95. The van der Waals surface area contributed by atoms with Gasteiger partial charge in [0, 0.05) is 19.0 Å². The third-order valence-electron chi connectivity index (χ3n) is 4.21. The van der Waals surface area contributed by atoms with Crippen molar-refractivity contribution in [3.8, 4) is 0 Å². The van der Waals surface area contributed by atoms with Crippen LogP contribution in [0.5, 0.6) is 0 Å². The summed E-state index contributed by atoms with van der Waals surface area (Å²) in [5.74, 6) is 1.24. The van der Waals surface area contributed by atoms with Gasteiger partial charge in [-0.2, -0.15) is 0 Å². The molecule has 2 fully saturated rings. The van der Waals surface area contributed by atoms with Gasteiger partial charge in [0.05, 0.1) is 18.8 Å². The standard InChI is InChI=1S/C14H25NO3/c1-10-3-5-12(6-4-10)14(17)15-7-11(2)18-13(8-15)9-16/h10-13,16H,3-9H2,1-2H3. The van der Waals surface area contributed by atoms with Crippen LogP contribution in [0.1, 0.15) is 39.5 Å². The summed E-state index contributed by atoms with van der Waals surface area (Å²) < 4.78 is 5.58. The van der Waals surface area contributed by atoms with Gasteiger partial charge in [0.2, 0.25) is 5.91 Å². The van der Waals surface area contributed by atoms with Gasteiger partial charge in [-0.05, 0) is 38.5 Å². The number of hydrogen-bond donors (Lipinski definition) is 1. The number of hydrogen-bond acceptors (Lipinski definition) is 3. The molecule has 2 aliphatic rings. The van der Waals surface area contributed by atoms with Crippen LogP contribution in [-0.2, 0) is 9.53 Å². The van der Waals surface area contributed by atoms with Gasteiger partial charge in [-0.1, -0.05) is 6.92 Å². The van der Waals surface area contributed by atoms with Crippen LogP contribution in [0.4, 0.5) is 0 Å². The lowest BCUT2D eigenvalue weighted by atomic mass is 9.82. The summed E-state index contributed by atoms with van der Waals surface area (Å²) in [6.07, 6.45) is 4.20. The van der Waals surface area contributed by atoms with E-state index >= 15 is 0 Å². The first-order chi connectivity index (χ1) is 8.60. The smallest absolute Gasteiger partial charge is 0.225 e. The molecule has 4 nitrogen and oxygen atoms in total. The van der Waals surface area contributed by atoms with Gasteiger partial charge in [0.15, 0.2) is 0 Å². The molecule has 0 spiro atoms. The highest BCUT2D eigenvalue weighted by Crippen LogP contribution is 2.30. The van der Waals surface area contributed by atoms with E-state index in [2.05, 4.69) is 6.92 Å². The Labute approximate surface area is 109 Å². The second-order valence-corrected chi connectivity index (χ2v) is 5.95. The highest BCUT2D eigenvalue weighted by molar-refractivity contribution is 5.79. The molecule has 1 heterocycles. The van der Waals surface area contributed by atoms with Gasteiger partial charge in [0.1, 0.15) is 0 Å². The number of morpholine rings is 1. The first-order valence-electron chi connectivity index (χ1n) is 7.15. The summed E-state index contributed by atoms with van der Waals surface area (Å²) in [4.78, 5) is 14.4. The van der Waals surface area contributed by atoms with E-state index in [-0.39, 0.29) is 30.6 Å². The quantitative estimate of drug-likeness (QED) is 0.812. The normalized spacial score (nSPS) is 37.6. The van der Waals surface area contributed by atoms with E-state index in [4.69, 9.17) is 4.74 Å². The zero-order valence-electron chi connectivity index (χ0n) is 11.5. The third kappa shape index (κ3) is 3.23. The van der Waals surface area contributed by atoms with Crippen LogP contribution >= 0.6 is 0 Å². The van der Waals surface area contributed by atoms with Crippen LogP contribution in [0.2, 0.25) is 0 Å². The molecule has 0 aromatic heterocycles. The van der Waals surface area contributed by atoms with Crippen molar-refractivity contribution in [1.29, 1.82) is 0 Å². The molecule has 1 amide bonds. The van der Waals surface area contributed by atoms with Crippen molar-refractivity contribution in [2.45, 2.75) is 51.7 Å². The minimum absolute atomic E-state index is 0.00415. The Morgan fingerprint density at radius 2 is 1.89 bits per heavy atom. The lowest BCUT2D eigenvalue weighted by Gasteiger charge is -2.38. The number of aliphatic hydroxyl groups is 1. The number of carbonyl (C=O) groups is 1. The molecule has 0 aromatic carbocycles. The monoisotopic (exact) mass is 255 g/mol. The van der Waals surface area contributed by atoms with E-state index in [9.17, 15) is 9.90 Å². The number of aliphatic hydroxyl groups excluding tert-OH is 1. The fraction of sp³-hybridized carbons (Fsp3) is 0.929. The van der Waals surface area contributed by atoms with E-state index in [0.717, 1.165) is 18.8 Å². The molecule has 104 valence electrons. The number of carbonyl (C=O) groups excluding carboxylic acids is 1. The van der Waals surface area contributed by atoms with Crippen LogP contribution in [-0.4, -0.2) is 47.8 Å². The molecule has 1 saturated heterocycles. The van der Waals surface area contributed by atoms with Gasteiger partial charge < -0.3 is 14.7 Å². The SMILES string of the molecule is CC1CCC(C(=O)N2CC(C)OC(CO)C2)CC1. The fourth-order valence-corrected chi connectivity index (χ4v) is 3.09. The van der Waals surface area contributed by atoms with Gasteiger partial charge in [-0.3, -0.25) is 4.79 Å². The summed E-state index contributed by atoms with van der Waals surface area (Å²) in [5, 5.41) is 9.19. The van der Waals surface area contributed by atoms with E-state index < -0.39 is 0 Å². The number of amides is 1. The van der Waals surface area contributed by atoms with Crippen molar-refractivity contribution in [2.75, 3.05) is 19.7 Å². The molecular formula is C14H25NO3. The molecule has 2 atom stereocenters. The summed E-state index contributed by atoms with van der Waals surface area (Å²) in [7, 11) is 0. The molecule has 0 bridgehead atoms. The molecule has 18 heavy (non-hydrogen) atoms. The average molecular weight is 255 g/mol. The summed E-state index contributed by atoms with van der Waals surface area (Å²) in [6.45, 7) is 5.44. The van der Waals surface area contributed by atoms with Crippen molar-refractivity contribution < 1.29 is 14.6 Å². The Morgan fingerprint density at radius 1 is 1.22 bits per heavy atom. The third-order valence-corrected chi connectivity index (χ3v) is 4.21. The van der Waals surface area contributed by atoms with Gasteiger partial charge in [-0.25, -0.2) is 0 Å². The first-order valence-corrected chi connectivity index (χ1v) is 7.15. The zero-order valence-corrected chi connectivity index (χ0v) is 11.5. The number of ether oxygens (including phenoxy) is 1. The summed E-state index contributed by atoms with van der Waals surface area (Å²) >= 11 is 0. The second kappa shape index (κ2) is 6.02. The minimum atomic E-state index is -0.208. The van der Waals surface area contributed by atoms with Crippen molar-refractivity contribution >= 4 is 5.91 Å². The Bertz CT molecular complexity index is 287. The number of rotatable bonds is 2. The van der Waals surface area contributed by atoms with Crippen molar-refractivity contribution in [2.24, 2.45) is 11.8 Å². The van der Waals surface area contributed by atoms with Crippen molar-refractivity contribution in [3.63, 3.8) is 0 Å². The highest BCUT2D eigenvalue weighted by Gasteiger charge is 2.33. The highest BCUT2D eigenvalue weighted by atomic mass is 16.5. The maximum absolute atomic E-state index is 12.5. The van der Waals surface area contributed by atoms with Crippen LogP contribution in [0.3, 0.4) is 0 Å². The molecule has 1 aliphatic heterocycles. The Balaban J connectivity index is 1.91. The molecule has 0 aromatic rings. The predicted molar refractivity (Wildman–Crippen MR) is 69.1 cm³/mol. The van der Waals surface area contributed by atoms with E-state index in [1.54, 1.807) is 0 Å². The summed E-state index contributed by atoms with van der Waals surface area (Å²) in [6, 6.07) is 0. The number of nitrogens with zero attached hydrogens (tertiary/aromatic N) is 1. The largest absolute Gasteiger partial charge is 0.394 e. The molecule has 2 rings (SSSR count). The van der Waals surface area contributed by atoms with Gasteiger partial charge >= 0.3 is 0 Å². The Hall–Kier alpha value is -0.610. The lowest BCUT2D eigenvalue weighted by Crippen LogP contribution is -2.52. The molecule has 4 heteroatoms. The van der Waals surface area contributed by atoms with Gasteiger partial charge in [0.25, 0.3) is 0 Å². The van der Waals surface area contributed by atoms with Crippen LogP contribution < -0.4 is 0 Å². The van der Waals surface area contributed by atoms with E-state index in [1.807, 2.05) is 11.8 Å². The predicted octanol–water partition coefficient (Wildman–Crippen LogP) is 1.42. The molecular weight excluding hydrogens is 230 g/mol. The average Bonchev–Trinajstić information content (AvgIpc) is 2.38. The van der Waals surface area contributed by atoms with Crippen molar-refractivity contribution in [1.82, 2.24) is 4.90 Å². The maximum atomic E-state index is 12.5. The van der Waals surface area contributed by atoms with Crippen LogP contribution in [0, 0.1) is 11.8 Å². The lowest BCUT2D eigenvalue weighted by molar-refractivity contribution is -0.152. The van der Waals surface area contributed by atoms with Crippen LogP contribution in [0.15, 0.2) is 0 Å². The summed E-state index contributed by atoms with van der Waals surface area (Å²) in [5.41, 5.74) is 0. The maximum Gasteiger partial charge on any atom is 0.225 e. The zero-order chi connectivity index (χ0) is 13.1. The Morgan fingerprint density at radius 3 is 2.50 bits per heavy atom. The molecule has 1 N–H and O–H groups in total. The molecule has 1 aliphatic carbocycles. The molecule has 0 radical (unpaired) electrons. The minimum Gasteiger partial charge on any atom is -0.394 e. The molecule has 1 saturated carbocycles. The Kier molecular flexibility index (Phi) is 4.62. The first kappa shape index (κ1) is 13.8. The van der Waals surface area contributed by atoms with E-state index in [1.165, 1.54) is 12.8 Å². The van der Waals surface area contributed by atoms with E-state index in [0.29, 0.717) is 13.1 Å². The van der Waals surface area contributed by atoms with Crippen molar-refractivity contribution in [3.05, 3.63) is 0 Å². The fourth-order valence-electron chi connectivity index (χ4n) is 3.09. The topological polar surface area (TPSA) is 49.8 Å².